The number of esters is 1. The van der Waals surface area contributed by atoms with Crippen molar-refractivity contribution in [2.24, 2.45) is 5.73 Å². The fraction of sp³-hybridized carbons (Fsp3) is 0.0800. The number of fused-ring (bicyclic) bond motifs is 1. The molecule has 1 aliphatic heterocycles. The number of nitrogens with two attached hydrogens (primary N) is 1. The van der Waals surface area contributed by atoms with E-state index in [2.05, 4.69) is 10.6 Å². The van der Waals surface area contributed by atoms with Crippen molar-refractivity contribution < 1.29 is 19.1 Å². The number of ether oxygens (including phenoxy) is 1. The van der Waals surface area contributed by atoms with Crippen LogP contribution in [0.25, 0.3) is 11.3 Å². The maximum absolute atomic E-state index is 13.0. The fourth-order valence-electron chi connectivity index (χ4n) is 3.59. The molecule has 0 aliphatic carbocycles. The summed E-state index contributed by atoms with van der Waals surface area (Å²) < 4.78 is 4.78. The number of carbonyl (C=O) groups is 3. The zero-order valence-electron chi connectivity index (χ0n) is 18.1. The molecule has 1 heterocycles. The summed E-state index contributed by atoms with van der Waals surface area (Å²) >= 11 is 0. The molecule has 0 radical (unpaired) electrons. The van der Waals surface area contributed by atoms with Crippen LogP contribution in [0.3, 0.4) is 0 Å². The summed E-state index contributed by atoms with van der Waals surface area (Å²) in [5.74, 6) is -0.768. The van der Waals surface area contributed by atoms with Crippen LogP contribution >= 0.6 is 0 Å². The zero-order chi connectivity index (χ0) is 23.5. The van der Waals surface area contributed by atoms with Gasteiger partial charge in [0.1, 0.15) is 0 Å². The van der Waals surface area contributed by atoms with Crippen molar-refractivity contribution in [3.05, 3.63) is 89.5 Å². The number of nitrogens with one attached hydrogen (secondary N) is 2. The summed E-state index contributed by atoms with van der Waals surface area (Å²) in [6, 6.07) is 21.0. The van der Waals surface area contributed by atoms with Gasteiger partial charge in [-0.3, -0.25) is 9.69 Å². The number of carbonyl (C=O) groups excluding carboxylic acids is 3. The summed E-state index contributed by atoms with van der Waals surface area (Å²) in [4.78, 5) is 37.7. The monoisotopic (exact) mass is 442 g/mol. The minimum Gasteiger partial charge on any atom is -0.465 e. The number of hydrogen-bond acceptors (Lipinski definition) is 5. The molecule has 4 N–H and O–H groups in total. The number of nitrogens with zero attached hydrogens (tertiary/aromatic N) is 1. The zero-order valence-corrected chi connectivity index (χ0v) is 18.1. The van der Waals surface area contributed by atoms with Gasteiger partial charge in [-0.2, -0.15) is 0 Å². The molecule has 0 atom stereocenters. The van der Waals surface area contributed by atoms with Crippen molar-refractivity contribution >= 4 is 46.2 Å². The lowest BCUT2D eigenvalue weighted by Gasteiger charge is -2.17. The fourth-order valence-corrected chi connectivity index (χ4v) is 3.59. The Bertz CT molecular complexity index is 1270. The second kappa shape index (κ2) is 8.88. The van der Waals surface area contributed by atoms with Crippen LogP contribution in [0.15, 0.2) is 72.8 Å². The highest BCUT2D eigenvalue weighted by Crippen LogP contribution is 2.38. The van der Waals surface area contributed by atoms with E-state index in [0.29, 0.717) is 33.8 Å². The summed E-state index contributed by atoms with van der Waals surface area (Å²) in [5.41, 5.74) is 10.1. The molecule has 3 aromatic rings. The number of anilines is 3. The molecule has 3 aromatic carbocycles. The number of benzene rings is 3. The minimum atomic E-state index is -0.562. The van der Waals surface area contributed by atoms with E-state index in [1.807, 2.05) is 30.3 Å². The average Bonchev–Trinajstić information content (AvgIpc) is 3.17. The lowest BCUT2D eigenvalue weighted by Crippen LogP contribution is -2.31. The Hall–Kier alpha value is -4.59. The van der Waals surface area contributed by atoms with Crippen molar-refractivity contribution in [3.8, 4) is 0 Å². The van der Waals surface area contributed by atoms with E-state index in [1.54, 1.807) is 49.5 Å². The summed E-state index contributed by atoms with van der Waals surface area (Å²) in [6.45, 7) is 0. The van der Waals surface area contributed by atoms with Crippen LogP contribution in [0.4, 0.5) is 21.9 Å². The van der Waals surface area contributed by atoms with Crippen LogP contribution in [0.2, 0.25) is 0 Å². The van der Waals surface area contributed by atoms with Gasteiger partial charge >= 0.3 is 12.0 Å². The molecular weight excluding hydrogens is 420 g/mol. The molecule has 3 amide bonds. The molecule has 0 unspecified atom stereocenters. The summed E-state index contributed by atoms with van der Waals surface area (Å²) in [7, 11) is 2.90. The van der Waals surface area contributed by atoms with Gasteiger partial charge in [0, 0.05) is 24.0 Å². The maximum Gasteiger partial charge on any atom is 0.337 e. The van der Waals surface area contributed by atoms with Crippen molar-refractivity contribution in [2.45, 2.75) is 0 Å². The van der Waals surface area contributed by atoms with E-state index in [9.17, 15) is 14.4 Å². The Morgan fingerprint density at radius 3 is 2.30 bits per heavy atom. The van der Waals surface area contributed by atoms with Gasteiger partial charge in [-0.25, -0.2) is 9.59 Å². The third-order valence-corrected chi connectivity index (χ3v) is 5.35. The quantitative estimate of drug-likeness (QED) is 0.409. The molecular formula is C25H22N4O4. The highest BCUT2D eigenvalue weighted by molar-refractivity contribution is 6.37. The summed E-state index contributed by atoms with van der Waals surface area (Å²) in [5, 5.41) is 6.18. The molecule has 0 fully saturated rings. The van der Waals surface area contributed by atoms with Gasteiger partial charge in [0.2, 0.25) is 0 Å². The van der Waals surface area contributed by atoms with Crippen molar-refractivity contribution in [1.82, 2.24) is 0 Å². The predicted octanol–water partition coefficient (Wildman–Crippen LogP) is 3.92. The van der Waals surface area contributed by atoms with Gasteiger partial charge in [-0.05, 0) is 42.0 Å². The van der Waals surface area contributed by atoms with Gasteiger partial charge < -0.3 is 21.1 Å². The van der Waals surface area contributed by atoms with Gasteiger partial charge in [0.15, 0.2) is 0 Å². The Kier molecular flexibility index (Phi) is 5.82. The van der Waals surface area contributed by atoms with E-state index in [4.69, 9.17) is 10.5 Å². The molecule has 8 nitrogen and oxygen atoms in total. The number of primary amides is 1. The van der Waals surface area contributed by atoms with E-state index < -0.39 is 12.0 Å². The lowest BCUT2D eigenvalue weighted by atomic mass is 9.99. The van der Waals surface area contributed by atoms with Crippen molar-refractivity contribution in [1.29, 1.82) is 0 Å². The Labute approximate surface area is 190 Å². The largest absolute Gasteiger partial charge is 0.465 e. The van der Waals surface area contributed by atoms with Gasteiger partial charge in [0.25, 0.3) is 5.91 Å². The van der Waals surface area contributed by atoms with Crippen molar-refractivity contribution in [2.75, 3.05) is 29.7 Å². The second-order valence-electron chi connectivity index (χ2n) is 7.39. The van der Waals surface area contributed by atoms with Crippen molar-refractivity contribution in [3.63, 3.8) is 0 Å². The molecule has 0 saturated carbocycles. The standard InChI is InChI=1S/C25H22N4O4/c1-29(25(26)32)18-11-9-17(10-12-18)27-22(15-6-4-3-5-7-15)21-19-13-8-16(24(31)33-2)14-20(19)28-23(21)30/h3-14,27H,1-2H3,(H2,26,32)(H,28,30)/b22-21-. The highest BCUT2D eigenvalue weighted by Gasteiger charge is 2.29. The normalized spacial score (nSPS) is 13.6. The van der Waals surface area contributed by atoms with E-state index in [0.717, 1.165) is 11.3 Å². The van der Waals surface area contributed by atoms with Crippen LogP contribution < -0.4 is 21.3 Å². The number of methoxy groups -OCH3 is 1. The smallest absolute Gasteiger partial charge is 0.337 e. The maximum atomic E-state index is 13.0. The van der Waals surface area contributed by atoms with Crippen LogP contribution in [-0.4, -0.2) is 32.1 Å². The van der Waals surface area contributed by atoms with Gasteiger partial charge in [-0.1, -0.05) is 36.4 Å². The Balaban J connectivity index is 1.79. The topological polar surface area (TPSA) is 114 Å². The SMILES string of the molecule is COC(=O)c1ccc2c(c1)NC(=O)/C2=C(\Nc1ccc(N(C)C(N)=O)cc1)c1ccccc1. The van der Waals surface area contributed by atoms with Crippen LogP contribution in [0, 0.1) is 0 Å². The lowest BCUT2D eigenvalue weighted by molar-refractivity contribution is -0.110. The number of hydrogen-bond donors (Lipinski definition) is 3. The number of rotatable bonds is 5. The first kappa shape index (κ1) is 21.6. The molecule has 0 saturated heterocycles. The van der Waals surface area contributed by atoms with Gasteiger partial charge in [0.05, 0.1) is 29.6 Å². The van der Waals surface area contributed by atoms with E-state index >= 15 is 0 Å². The van der Waals surface area contributed by atoms with Crippen LogP contribution in [-0.2, 0) is 9.53 Å². The van der Waals surface area contributed by atoms with E-state index in [1.165, 1.54) is 12.0 Å². The first-order valence-corrected chi connectivity index (χ1v) is 10.1. The Morgan fingerprint density at radius 1 is 0.970 bits per heavy atom. The Morgan fingerprint density at radius 2 is 1.67 bits per heavy atom. The molecule has 33 heavy (non-hydrogen) atoms. The molecule has 8 heteroatoms. The first-order chi connectivity index (χ1) is 15.9. The van der Waals surface area contributed by atoms with Crippen LogP contribution in [0.5, 0.6) is 0 Å². The number of amides is 3. The molecule has 1 aliphatic rings. The first-order valence-electron chi connectivity index (χ1n) is 10.1. The highest BCUT2D eigenvalue weighted by atomic mass is 16.5. The molecule has 0 aromatic heterocycles. The molecule has 0 spiro atoms. The molecule has 166 valence electrons. The second-order valence-corrected chi connectivity index (χ2v) is 7.39. The molecule has 4 rings (SSSR count). The van der Waals surface area contributed by atoms with E-state index in [-0.39, 0.29) is 5.91 Å². The number of urea groups is 1. The minimum absolute atomic E-state index is 0.288. The third kappa shape index (κ3) is 4.27. The van der Waals surface area contributed by atoms with Crippen LogP contribution in [0.1, 0.15) is 21.5 Å². The summed E-state index contributed by atoms with van der Waals surface area (Å²) in [6.07, 6.45) is 0. The molecule has 0 bridgehead atoms. The van der Waals surface area contributed by atoms with Gasteiger partial charge in [-0.15, -0.1) is 0 Å². The average molecular weight is 442 g/mol. The predicted molar refractivity (Wildman–Crippen MR) is 128 cm³/mol. The third-order valence-electron chi connectivity index (χ3n) is 5.35.